The lowest BCUT2D eigenvalue weighted by molar-refractivity contribution is -0.129. The molecule has 2 nitrogen and oxygen atoms in total. The minimum absolute atomic E-state index is 0.207. The molecule has 1 rings (SSSR count). The van der Waals surface area contributed by atoms with E-state index in [9.17, 15) is 4.79 Å². The van der Waals surface area contributed by atoms with Crippen LogP contribution in [0.3, 0.4) is 0 Å². The summed E-state index contributed by atoms with van der Waals surface area (Å²) in [6.45, 7) is 5.17. The van der Waals surface area contributed by atoms with E-state index in [-0.39, 0.29) is 11.7 Å². The largest absolute Gasteiger partial charge is 0.381 e. The molecule has 0 aromatic rings. The monoisotopic (exact) mass is 128 g/mol. The third-order valence-corrected chi connectivity index (χ3v) is 2.01. The van der Waals surface area contributed by atoms with Crippen LogP contribution in [-0.4, -0.2) is 19.0 Å². The van der Waals surface area contributed by atoms with Gasteiger partial charge in [-0.15, -0.1) is 0 Å². The molecule has 1 atom stereocenters. The Hall–Kier alpha value is -0.370. The molecule has 2 heteroatoms. The fourth-order valence-corrected chi connectivity index (χ4v) is 0.875. The summed E-state index contributed by atoms with van der Waals surface area (Å²) in [6.07, 6.45) is 0. The molecule has 0 aromatic heterocycles. The highest BCUT2D eigenvalue weighted by Crippen LogP contribution is 2.20. The lowest BCUT2D eigenvalue weighted by Gasteiger charge is -2.29. The van der Waals surface area contributed by atoms with Crippen LogP contribution in [0.25, 0.3) is 0 Å². The second-order valence-electron chi connectivity index (χ2n) is 2.70. The van der Waals surface area contributed by atoms with Gasteiger partial charge in [-0.25, -0.2) is 0 Å². The predicted octanol–water partition coefficient (Wildman–Crippen LogP) is 0.858. The van der Waals surface area contributed by atoms with Crippen molar-refractivity contribution in [2.75, 3.05) is 13.2 Å². The van der Waals surface area contributed by atoms with Gasteiger partial charge in [0.2, 0.25) is 0 Å². The van der Waals surface area contributed by atoms with Crippen molar-refractivity contribution < 1.29 is 9.53 Å². The number of rotatable bonds is 2. The van der Waals surface area contributed by atoms with Crippen LogP contribution in [0, 0.1) is 11.8 Å². The van der Waals surface area contributed by atoms with Gasteiger partial charge in [-0.3, -0.25) is 4.79 Å². The van der Waals surface area contributed by atoms with Crippen molar-refractivity contribution in [3.8, 4) is 0 Å². The van der Waals surface area contributed by atoms with Gasteiger partial charge in [0.15, 0.2) is 0 Å². The summed E-state index contributed by atoms with van der Waals surface area (Å²) >= 11 is 0. The van der Waals surface area contributed by atoms with Crippen LogP contribution in [0.2, 0.25) is 0 Å². The smallest absolute Gasteiger partial charge is 0.133 e. The first-order valence-electron chi connectivity index (χ1n) is 3.30. The van der Waals surface area contributed by atoms with Crippen molar-refractivity contribution in [2.45, 2.75) is 13.8 Å². The predicted molar refractivity (Wildman–Crippen MR) is 34.2 cm³/mol. The van der Waals surface area contributed by atoms with Crippen molar-refractivity contribution in [1.82, 2.24) is 0 Å². The molecule has 0 saturated carbocycles. The summed E-state index contributed by atoms with van der Waals surface area (Å²) in [7, 11) is 0. The normalized spacial score (nSPS) is 22.9. The second kappa shape index (κ2) is 2.48. The number of carbonyl (C=O) groups excluding carboxylic acids is 1. The lowest BCUT2D eigenvalue weighted by Crippen LogP contribution is -2.35. The topological polar surface area (TPSA) is 26.3 Å². The highest BCUT2D eigenvalue weighted by molar-refractivity contribution is 5.78. The molecule has 1 aliphatic heterocycles. The molecule has 0 radical (unpaired) electrons. The van der Waals surface area contributed by atoms with Crippen molar-refractivity contribution in [3.05, 3.63) is 0 Å². The lowest BCUT2D eigenvalue weighted by atomic mass is 9.90. The minimum atomic E-state index is 0.207. The van der Waals surface area contributed by atoms with Gasteiger partial charge in [-0.2, -0.15) is 0 Å². The van der Waals surface area contributed by atoms with Gasteiger partial charge in [0.25, 0.3) is 0 Å². The first kappa shape index (κ1) is 6.75. The summed E-state index contributed by atoms with van der Waals surface area (Å²) in [5, 5.41) is 0. The summed E-state index contributed by atoms with van der Waals surface area (Å²) in [6, 6.07) is 0. The van der Waals surface area contributed by atoms with E-state index in [0.717, 1.165) is 13.2 Å². The van der Waals surface area contributed by atoms with E-state index >= 15 is 0 Å². The maximum Gasteiger partial charge on any atom is 0.133 e. The van der Waals surface area contributed by atoms with Gasteiger partial charge in [0, 0.05) is 11.8 Å². The molecule has 0 bridgehead atoms. The quantitative estimate of drug-likeness (QED) is 0.551. The number of hydrogen-bond donors (Lipinski definition) is 0. The van der Waals surface area contributed by atoms with E-state index in [1.165, 1.54) is 0 Å². The fraction of sp³-hybridized carbons (Fsp3) is 0.857. The van der Waals surface area contributed by atoms with Crippen molar-refractivity contribution in [2.24, 2.45) is 11.8 Å². The maximum atomic E-state index is 10.7. The van der Waals surface area contributed by atoms with Gasteiger partial charge in [-0.1, -0.05) is 6.92 Å². The molecule has 1 fully saturated rings. The first-order chi connectivity index (χ1) is 4.22. The molecule has 9 heavy (non-hydrogen) atoms. The molecule has 1 saturated heterocycles. The molecule has 0 N–H and O–H groups in total. The van der Waals surface area contributed by atoms with Gasteiger partial charge in [-0.05, 0) is 6.92 Å². The minimum Gasteiger partial charge on any atom is -0.381 e. The Kier molecular flexibility index (Phi) is 1.86. The summed E-state index contributed by atoms with van der Waals surface area (Å²) in [5.74, 6) is 0.990. The van der Waals surface area contributed by atoms with Crippen molar-refractivity contribution in [3.63, 3.8) is 0 Å². The van der Waals surface area contributed by atoms with E-state index < -0.39 is 0 Å². The van der Waals surface area contributed by atoms with E-state index in [1.807, 2.05) is 6.92 Å². The molecule has 0 amide bonds. The Morgan fingerprint density at radius 3 is 2.33 bits per heavy atom. The Labute approximate surface area is 55.2 Å². The molecule has 0 aliphatic carbocycles. The molecule has 0 aromatic carbocycles. The SMILES string of the molecule is CC(=O)C(C)C1COC1. The number of hydrogen-bond acceptors (Lipinski definition) is 2. The molecule has 1 unspecified atom stereocenters. The molecular weight excluding hydrogens is 116 g/mol. The van der Waals surface area contributed by atoms with E-state index in [4.69, 9.17) is 4.74 Å². The van der Waals surface area contributed by atoms with Crippen molar-refractivity contribution >= 4 is 5.78 Å². The van der Waals surface area contributed by atoms with Crippen LogP contribution in [0.1, 0.15) is 13.8 Å². The summed E-state index contributed by atoms with van der Waals surface area (Å²) in [4.78, 5) is 10.7. The van der Waals surface area contributed by atoms with E-state index in [0.29, 0.717) is 5.92 Å². The van der Waals surface area contributed by atoms with Crippen molar-refractivity contribution in [1.29, 1.82) is 0 Å². The zero-order chi connectivity index (χ0) is 6.85. The average molecular weight is 128 g/mol. The maximum absolute atomic E-state index is 10.7. The zero-order valence-corrected chi connectivity index (χ0v) is 5.89. The number of carbonyl (C=O) groups is 1. The van der Waals surface area contributed by atoms with E-state index in [1.54, 1.807) is 6.92 Å². The Morgan fingerprint density at radius 2 is 2.22 bits per heavy atom. The van der Waals surface area contributed by atoms with Crippen LogP contribution in [0.15, 0.2) is 0 Å². The molecule has 0 spiro atoms. The third kappa shape index (κ3) is 1.30. The molecule has 1 aliphatic rings. The van der Waals surface area contributed by atoms with Crippen LogP contribution >= 0.6 is 0 Å². The molecular formula is C7H12O2. The second-order valence-corrected chi connectivity index (χ2v) is 2.70. The van der Waals surface area contributed by atoms with Gasteiger partial charge in [0.05, 0.1) is 13.2 Å². The van der Waals surface area contributed by atoms with Gasteiger partial charge >= 0.3 is 0 Å². The standard InChI is InChI=1S/C7H12O2/c1-5(6(2)8)7-3-9-4-7/h5,7H,3-4H2,1-2H3. The molecule has 52 valence electrons. The Bertz CT molecular complexity index is 116. The number of ketones is 1. The van der Waals surface area contributed by atoms with Gasteiger partial charge < -0.3 is 4.74 Å². The number of ether oxygens (including phenoxy) is 1. The Balaban J connectivity index is 2.32. The summed E-state index contributed by atoms with van der Waals surface area (Å²) < 4.78 is 4.95. The van der Waals surface area contributed by atoms with Crippen LogP contribution in [-0.2, 0) is 9.53 Å². The zero-order valence-electron chi connectivity index (χ0n) is 5.89. The van der Waals surface area contributed by atoms with Crippen LogP contribution < -0.4 is 0 Å². The van der Waals surface area contributed by atoms with Crippen LogP contribution in [0.4, 0.5) is 0 Å². The highest BCUT2D eigenvalue weighted by Gasteiger charge is 2.27. The van der Waals surface area contributed by atoms with Crippen LogP contribution in [0.5, 0.6) is 0 Å². The first-order valence-corrected chi connectivity index (χ1v) is 3.30. The van der Waals surface area contributed by atoms with E-state index in [2.05, 4.69) is 0 Å². The average Bonchev–Trinajstić information content (AvgIpc) is 1.60. The highest BCUT2D eigenvalue weighted by atomic mass is 16.5. The Morgan fingerprint density at radius 1 is 1.67 bits per heavy atom. The summed E-state index contributed by atoms with van der Waals surface area (Å²) in [5.41, 5.74) is 0. The number of Topliss-reactive ketones (excluding diaryl/α,β-unsaturated/α-hetero) is 1. The van der Waals surface area contributed by atoms with Gasteiger partial charge in [0.1, 0.15) is 5.78 Å². The third-order valence-electron chi connectivity index (χ3n) is 2.01. The fourth-order valence-electron chi connectivity index (χ4n) is 0.875. The molecule has 1 heterocycles.